The zero-order chi connectivity index (χ0) is 19.1. The fourth-order valence-corrected chi connectivity index (χ4v) is 4.32. The summed E-state index contributed by atoms with van der Waals surface area (Å²) in [5.74, 6) is -0.0477. The molecule has 8 nitrogen and oxygen atoms in total. The van der Waals surface area contributed by atoms with Gasteiger partial charge in [0.15, 0.2) is 10.7 Å². The molecule has 0 saturated carbocycles. The maximum absolute atomic E-state index is 12.9. The van der Waals surface area contributed by atoms with E-state index in [0.717, 1.165) is 29.7 Å². The van der Waals surface area contributed by atoms with Crippen molar-refractivity contribution in [1.82, 2.24) is 29.4 Å². The van der Waals surface area contributed by atoms with Gasteiger partial charge in [-0.1, -0.05) is 18.2 Å². The number of para-hydroxylation sites is 1. The van der Waals surface area contributed by atoms with E-state index < -0.39 is 0 Å². The lowest BCUT2D eigenvalue weighted by atomic mass is 10.2. The van der Waals surface area contributed by atoms with Gasteiger partial charge in [0.25, 0.3) is 11.5 Å². The van der Waals surface area contributed by atoms with Crippen molar-refractivity contribution in [2.24, 2.45) is 0 Å². The second-order valence-electron chi connectivity index (χ2n) is 6.83. The number of amides is 1. The van der Waals surface area contributed by atoms with E-state index in [1.807, 2.05) is 34.5 Å². The fourth-order valence-electron chi connectivity index (χ4n) is 3.58. The number of hydrogen-bond acceptors (Lipinski definition) is 6. The van der Waals surface area contributed by atoms with Gasteiger partial charge in [0.1, 0.15) is 0 Å². The largest absolute Gasteiger partial charge is 0.335 e. The standard InChI is InChI=1S/C19H18N6O2S/c26-16-11-13(20-19-25(16)9-10-28-19)12-23-5-7-24(8-6-23)18(27)17-14-3-1-2-4-15(14)21-22-17/h1-4,9-11H,5-8,12H2,(H,21,22). The average molecular weight is 394 g/mol. The Kier molecular flexibility index (Phi) is 4.18. The number of thiazole rings is 1. The summed E-state index contributed by atoms with van der Waals surface area (Å²) in [4.78, 5) is 34.3. The van der Waals surface area contributed by atoms with Gasteiger partial charge in [-0.25, -0.2) is 4.98 Å². The average Bonchev–Trinajstić information content (AvgIpc) is 3.35. The van der Waals surface area contributed by atoms with E-state index in [4.69, 9.17) is 0 Å². The molecule has 1 N–H and O–H groups in total. The highest BCUT2D eigenvalue weighted by atomic mass is 32.1. The molecule has 1 aliphatic heterocycles. The Bertz CT molecular complexity index is 1220. The molecule has 4 heterocycles. The summed E-state index contributed by atoms with van der Waals surface area (Å²) in [6, 6.07) is 9.24. The van der Waals surface area contributed by atoms with Crippen molar-refractivity contribution in [2.45, 2.75) is 6.54 Å². The molecular weight excluding hydrogens is 376 g/mol. The Labute approximate surface area is 164 Å². The molecule has 28 heavy (non-hydrogen) atoms. The quantitative estimate of drug-likeness (QED) is 0.570. The van der Waals surface area contributed by atoms with Gasteiger partial charge >= 0.3 is 0 Å². The number of nitrogens with zero attached hydrogens (tertiary/aromatic N) is 5. The SMILES string of the molecule is O=C(c1n[nH]c2ccccc12)N1CCN(Cc2cc(=O)n3ccsc3n2)CC1. The normalized spacial score (nSPS) is 15.5. The molecule has 0 radical (unpaired) electrons. The lowest BCUT2D eigenvalue weighted by Gasteiger charge is -2.34. The Hall–Kier alpha value is -3.04. The van der Waals surface area contributed by atoms with Crippen molar-refractivity contribution in [1.29, 1.82) is 0 Å². The maximum atomic E-state index is 12.9. The minimum atomic E-state index is -0.0551. The van der Waals surface area contributed by atoms with Crippen LogP contribution in [-0.2, 0) is 6.54 Å². The van der Waals surface area contributed by atoms with Gasteiger partial charge < -0.3 is 4.90 Å². The van der Waals surface area contributed by atoms with Gasteiger partial charge in [-0.05, 0) is 6.07 Å². The third-order valence-corrected chi connectivity index (χ3v) is 5.83. The van der Waals surface area contributed by atoms with Crippen LogP contribution in [0.1, 0.15) is 16.2 Å². The smallest absolute Gasteiger partial charge is 0.275 e. The molecule has 0 spiro atoms. The van der Waals surface area contributed by atoms with Crippen molar-refractivity contribution in [2.75, 3.05) is 26.2 Å². The number of carbonyl (C=O) groups excluding carboxylic acids is 1. The highest BCUT2D eigenvalue weighted by Gasteiger charge is 2.25. The molecule has 3 aromatic heterocycles. The number of carbonyl (C=O) groups is 1. The van der Waals surface area contributed by atoms with Crippen LogP contribution in [0, 0.1) is 0 Å². The summed E-state index contributed by atoms with van der Waals surface area (Å²) in [5.41, 5.74) is 2.05. The van der Waals surface area contributed by atoms with E-state index in [2.05, 4.69) is 20.1 Å². The van der Waals surface area contributed by atoms with Crippen molar-refractivity contribution in [3.63, 3.8) is 0 Å². The van der Waals surface area contributed by atoms with E-state index in [1.165, 1.54) is 11.3 Å². The summed E-state index contributed by atoms with van der Waals surface area (Å²) in [6.45, 7) is 3.33. The lowest BCUT2D eigenvalue weighted by Crippen LogP contribution is -2.48. The Morgan fingerprint density at radius 1 is 1.18 bits per heavy atom. The molecule has 9 heteroatoms. The van der Waals surface area contributed by atoms with Crippen molar-refractivity contribution in [3.05, 3.63) is 63.7 Å². The summed E-state index contributed by atoms with van der Waals surface area (Å²) in [7, 11) is 0. The van der Waals surface area contributed by atoms with Crippen LogP contribution in [0.15, 0.2) is 46.7 Å². The highest BCUT2D eigenvalue weighted by molar-refractivity contribution is 7.15. The van der Waals surface area contributed by atoms with Gasteiger partial charge in [-0.2, -0.15) is 5.10 Å². The van der Waals surface area contributed by atoms with Crippen LogP contribution in [0.3, 0.4) is 0 Å². The van der Waals surface area contributed by atoms with Crippen LogP contribution in [-0.4, -0.2) is 61.5 Å². The summed E-state index contributed by atoms with van der Waals surface area (Å²) in [5, 5.41) is 9.84. The third-order valence-electron chi connectivity index (χ3n) is 5.07. The molecule has 0 bridgehead atoms. The molecule has 4 aromatic rings. The second-order valence-corrected chi connectivity index (χ2v) is 7.70. The van der Waals surface area contributed by atoms with Crippen LogP contribution in [0.2, 0.25) is 0 Å². The van der Waals surface area contributed by atoms with Crippen LogP contribution in [0.25, 0.3) is 15.9 Å². The Balaban J connectivity index is 1.27. The highest BCUT2D eigenvalue weighted by Crippen LogP contribution is 2.18. The molecule has 0 atom stereocenters. The first-order chi connectivity index (χ1) is 13.7. The third kappa shape index (κ3) is 2.98. The van der Waals surface area contributed by atoms with E-state index in [0.29, 0.717) is 30.3 Å². The van der Waals surface area contributed by atoms with Gasteiger partial charge in [-0.3, -0.25) is 24.0 Å². The number of nitrogens with one attached hydrogen (secondary N) is 1. The van der Waals surface area contributed by atoms with Gasteiger partial charge in [0.05, 0.1) is 11.2 Å². The summed E-state index contributed by atoms with van der Waals surface area (Å²) in [6.07, 6.45) is 1.74. The number of piperazine rings is 1. The molecule has 1 saturated heterocycles. The predicted octanol–water partition coefficient (Wildman–Crippen LogP) is 1.59. The van der Waals surface area contributed by atoms with Crippen LogP contribution in [0.5, 0.6) is 0 Å². The van der Waals surface area contributed by atoms with Crippen molar-refractivity contribution in [3.8, 4) is 0 Å². The zero-order valence-electron chi connectivity index (χ0n) is 15.0. The number of benzene rings is 1. The lowest BCUT2D eigenvalue weighted by molar-refractivity contribution is 0.0623. The van der Waals surface area contributed by atoms with Gasteiger partial charge in [0.2, 0.25) is 0 Å². The number of rotatable bonds is 3. The van der Waals surface area contributed by atoms with Gasteiger partial charge in [0, 0.05) is 55.8 Å². The molecule has 0 aliphatic carbocycles. The van der Waals surface area contributed by atoms with Crippen LogP contribution in [0.4, 0.5) is 0 Å². The molecule has 1 aliphatic rings. The minimum Gasteiger partial charge on any atom is -0.335 e. The molecule has 0 unspecified atom stereocenters. The van der Waals surface area contributed by atoms with Crippen LogP contribution < -0.4 is 5.56 Å². The Morgan fingerprint density at radius 2 is 2.00 bits per heavy atom. The van der Waals surface area contributed by atoms with Crippen molar-refractivity contribution >= 4 is 33.1 Å². The molecule has 1 fully saturated rings. The zero-order valence-corrected chi connectivity index (χ0v) is 15.9. The Morgan fingerprint density at radius 3 is 2.86 bits per heavy atom. The summed E-state index contributed by atoms with van der Waals surface area (Å²) < 4.78 is 1.55. The van der Waals surface area contributed by atoms with E-state index in [-0.39, 0.29) is 11.5 Å². The number of aromatic nitrogens is 4. The maximum Gasteiger partial charge on any atom is 0.275 e. The van der Waals surface area contributed by atoms with Crippen molar-refractivity contribution < 1.29 is 4.79 Å². The second kappa shape index (κ2) is 6.84. The van der Waals surface area contributed by atoms with Crippen LogP contribution >= 0.6 is 11.3 Å². The minimum absolute atomic E-state index is 0.0477. The fraction of sp³-hybridized carbons (Fsp3) is 0.263. The first-order valence-corrected chi connectivity index (χ1v) is 9.97. The number of H-pyrrole nitrogens is 1. The first-order valence-electron chi connectivity index (χ1n) is 9.09. The van der Waals surface area contributed by atoms with E-state index >= 15 is 0 Å². The topological polar surface area (TPSA) is 86.6 Å². The van der Waals surface area contributed by atoms with E-state index in [1.54, 1.807) is 16.7 Å². The molecule has 1 aromatic carbocycles. The number of aromatic amines is 1. The molecule has 1 amide bonds. The number of fused-ring (bicyclic) bond motifs is 2. The first kappa shape index (κ1) is 17.1. The van der Waals surface area contributed by atoms with Gasteiger partial charge in [-0.15, -0.1) is 11.3 Å². The number of hydrogen-bond donors (Lipinski definition) is 1. The van der Waals surface area contributed by atoms with E-state index in [9.17, 15) is 9.59 Å². The monoisotopic (exact) mass is 394 g/mol. The summed E-state index contributed by atoms with van der Waals surface area (Å²) >= 11 is 1.45. The molecule has 142 valence electrons. The predicted molar refractivity (Wildman–Crippen MR) is 107 cm³/mol. The molecule has 5 rings (SSSR count). The molecular formula is C19H18N6O2S.